The monoisotopic (exact) mass is 443 g/mol. The molecule has 1 aromatic carbocycles. The zero-order valence-electron chi connectivity index (χ0n) is 16.4. The van der Waals surface area contributed by atoms with Crippen LogP contribution in [0.15, 0.2) is 52.1 Å². The summed E-state index contributed by atoms with van der Waals surface area (Å²) in [5.74, 6) is 0.0983. The van der Waals surface area contributed by atoms with Crippen molar-refractivity contribution < 1.29 is 4.79 Å². The van der Waals surface area contributed by atoms with E-state index in [4.69, 9.17) is 11.6 Å². The first-order chi connectivity index (χ1) is 14.6. The highest BCUT2D eigenvalue weighted by Gasteiger charge is 2.13. The Morgan fingerprint density at radius 2 is 2.23 bits per heavy atom. The molecule has 0 fully saturated rings. The quantitative estimate of drug-likeness (QED) is 0.328. The van der Waals surface area contributed by atoms with Crippen LogP contribution >= 0.6 is 23.4 Å². The number of rotatable bonds is 7. The second-order valence-corrected chi connectivity index (χ2v) is 8.54. The number of H-pyrrole nitrogens is 1. The summed E-state index contributed by atoms with van der Waals surface area (Å²) in [4.78, 5) is 31.8. The molecule has 30 heavy (non-hydrogen) atoms. The normalized spacial score (nSPS) is 14.0. The number of aromatic amines is 1. The van der Waals surface area contributed by atoms with E-state index in [1.54, 1.807) is 16.8 Å². The maximum absolute atomic E-state index is 12.4. The van der Waals surface area contributed by atoms with E-state index < -0.39 is 0 Å². The summed E-state index contributed by atoms with van der Waals surface area (Å²) in [7, 11) is 0. The predicted molar refractivity (Wildman–Crippen MR) is 119 cm³/mol. The third-order valence-corrected chi connectivity index (χ3v) is 6.07. The first kappa shape index (κ1) is 20.7. The number of carbonyl (C=O) groups is 1. The molecule has 0 saturated heterocycles. The van der Waals surface area contributed by atoms with Gasteiger partial charge >= 0.3 is 0 Å². The molecule has 0 saturated carbocycles. The van der Waals surface area contributed by atoms with Gasteiger partial charge in [-0.05, 0) is 50.3 Å². The molecular weight excluding hydrogens is 422 g/mol. The number of aromatic nitrogens is 4. The van der Waals surface area contributed by atoms with Crippen molar-refractivity contribution >= 4 is 40.3 Å². The molecule has 0 spiro atoms. The average molecular weight is 444 g/mol. The minimum Gasteiger partial charge on any atom is -0.355 e. The lowest BCUT2D eigenvalue weighted by Gasteiger charge is -2.12. The van der Waals surface area contributed by atoms with E-state index in [9.17, 15) is 9.59 Å². The molecule has 4 rings (SSSR count). The van der Waals surface area contributed by atoms with Gasteiger partial charge < -0.3 is 10.3 Å². The predicted octanol–water partition coefficient (Wildman–Crippen LogP) is 3.86. The number of nitrogens with one attached hydrogen (secondary N) is 2. The molecule has 2 aromatic heterocycles. The molecule has 1 aliphatic rings. The number of allylic oxidation sites excluding steroid dienone is 1. The largest absolute Gasteiger partial charge is 0.355 e. The van der Waals surface area contributed by atoms with E-state index in [-0.39, 0.29) is 17.2 Å². The van der Waals surface area contributed by atoms with Crippen molar-refractivity contribution in [2.24, 2.45) is 0 Å². The molecule has 0 radical (unpaired) electrons. The van der Waals surface area contributed by atoms with Crippen LogP contribution in [0.3, 0.4) is 0 Å². The Balaban J connectivity index is 1.41. The van der Waals surface area contributed by atoms with Crippen molar-refractivity contribution in [1.29, 1.82) is 0 Å². The van der Waals surface area contributed by atoms with Crippen molar-refractivity contribution in [3.63, 3.8) is 0 Å². The Morgan fingerprint density at radius 3 is 3.03 bits per heavy atom. The van der Waals surface area contributed by atoms with Crippen LogP contribution in [0.4, 0.5) is 0 Å². The van der Waals surface area contributed by atoms with E-state index >= 15 is 0 Å². The fraction of sp³-hybridized carbons (Fsp3) is 0.333. The van der Waals surface area contributed by atoms with Gasteiger partial charge in [0.2, 0.25) is 5.91 Å². The molecule has 3 aromatic rings. The van der Waals surface area contributed by atoms with Gasteiger partial charge in [0.15, 0.2) is 10.8 Å². The zero-order valence-corrected chi connectivity index (χ0v) is 17.9. The average Bonchev–Trinajstić information content (AvgIpc) is 3.18. The third-order valence-electron chi connectivity index (χ3n) is 4.96. The molecule has 9 heteroatoms. The number of hydrogen-bond donors (Lipinski definition) is 2. The van der Waals surface area contributed by atoms with Gasteiger partial charge in [-0.3, -0.25) is 9.59 Å². The summed E-state index contributed by atoms with van der Waals surface area (Å²) in [6.07, 6.45) is 9.44. The number of benzene rings is 1. The van der Waals surface area contributed by atoms with E-state index in [0.29, 0.717) is 33.4 Å². The molecule has 7 nitrogen and oxygen atoms in total. The Kier molecular flexibility index (Phi) is 6.54. The van der Waals surface area contributed by atoms with E-state index in [1.807, 2.05) is 12.1 Å². The number of thioether (sulfide) groups is 1. The summed E-state index contributed by atoms with van der Waals surface area (Å²) in [5.41, 5.74) is 2.27. The number of hydrogen-bond acceptors (Lipinski definition) is 5. The molecule has 0 unspecified atom stereocenters. The number of nitrogens with zero attached hydrogens (tertiary/aromatic N) is 3. The van der Waals surface area contributed by atoms with Crippen LogP contribution in [0, 0.1) is 0 Å². The van der Waals surface area contributed by atoms with Crippen LogP contribution in [0.25, 0.3) is 16.7 Å². The summed E-state index contributed by atoms with van der Waals surface area (Å²) in [6, 6.07) is 7.16. The lowest BCUT2D eigenvalue weighted by atomic mass is 9.97. The van der Waals surface area contributed by atoms with Gasteiger partial charge in [0.05, 0.1) is 17.6 Å². The Bertz CT molecular complexity index is 1150. The lowest BCUT2D eigenvalue weighted by molar-refractivity contribution is -0.118. The summed E-state index contributed by atoms with van der Waals surface area (Å²) < 4.78 is 1.57. The van der Waals surface area contributed by atoms with Gasteiger partial charge in [-0.1, -0.05) is 41.1 Å². The van der Waals surface area contributed by atoms with Gasteiger partial charge in [-0.15, -0.1) is 0 Å². The van der Waals surface area contributed by atoms with E-state index in [1.165, 1.54) is 36.4 Å². The van der Waals surface area contributed by atoms with Crippen LogP contribution < -0.4 is 10.9 Å². The van der Waals surface area contributed by atoms with Gasteiger partial charge in [-0.2, -0.15) is 5.10 Å². The SMILES string of the molecule is O=C(CSc1nc2c(cnn2-c2cccc(Cl)c2)c(=O)[nH]1)NCCC1=CCCCC1. The standard InChI is InChI=1S/C21H22ClN5O2S/c22-15-7-4-8-16(11-15)27-19-17(12-24-27)20(29)26-21(25-19)30-13-18(28)23-10-9-14-5-2-1-3-6-14/h4-5,7-8,11-12H,1-3,6,9-10,13H2,(H,23,28)(H,25,26,29). The van der Waals surface area contributed by atoms with Crippen molar-refractivity contribution in [2.45, 2.75) is 37.3 Å². The number of amides is 1. The summed E-state index contributed by atoms with van der Waals surface area (Å²) in [5, 5.41) is 8.53. The highest BCUT2D eigenvalue weighted by Crippen LogP contribution is 2.21. The van der Waals surface area contributed by atoms with Crippen LogP contribution in [0.1, 0.15) is 32.1 Å². The fourth-order valence-corrected chi connectivity index (χ4v) is 4.31. The van der Waals surface area contributed by atoms with Gasteiger partial charge in [-0.25, -0.2) is 9.67 Å². The second kappa shape index (κ2) is 9.49. The molecule has 0 atom stereocenters. The molecule has 1 aliphatic carbocycles. The Morgan fingerprint density at radius 1 is 1.33 bits per heavy atom. The first-order valence-electron chi connectivity index (χ1n) is 9.91. The summed E-state index contributed by atoms with van der Waals surface area (Å²) >= 11 is 7.26. The molecule has 156 valence electrons. The van der Waals surface area contributed by atoms with Gasteiger partial charge in [0.1, 0.15) is 5.39 Å². The van der Waals surface area contributed by atoms with Crippen LogP contribution in [-0.2, 0) is 4.79 Å². The molecule has 0 aliphatic heterocycles. The Labute approximate surface area is 182 Å². The van der Waals surface area contributed by atoms with Crippen molar-refractivity contribution in [3.05, 3.63) is 57.5 Å². The van der Waals surface area contributed by atoms with Crippen LogP contribution in [0.2, 0.25) is 5.02 Å². The molecule has 0 bridgehead atoms. The maximum Gasteiger partial charge on any atom is 0.262 e. The molecule has 1 amide bonds. The third kappa shape index (κ3) is 4.94. The topological polar surface area (TPSA) is 92.7 Å². The smallest absolute Gasteiger partial charge is 0.262 e. The zero-order chi connectivity index (χ0) is 20.9. The first-order valence-corrected chi connectivity index (χ1v) is 11.3. The fourth-order valence-electron chi connectivity index (χ4n) is 3.44. The Hall–Kier alpha value is -2.58. The highest BCUT2D eigenvalue weighted by molar-refractivity contribution is 7.99. The number of fused-ring (bicyclic) bond motifs is 1. The second-order valence-electron chi connectivity index (χ2n) is 7.14. The minimum atomic E-state index is -0.291. The van der Waals surface area contributed by atoms with E-state index in [2.05, 4.69) is 26.5 Å². The summed E-state index contributed by atoms with van der Waals surface area (Å²) in [6.45, 7) is 0.635. The molecule has 2 heterocycles. The van der Waals surface area contributed by atoms with Crippen molar-refractivity contribution in [1.82, 2.24) is 25.1 Å². The van der Waals surface area contributed by atoms with E-state index in [0.717, 1.165) is 19.3 Å². The van der Waals surface area contributed by atoms with Crippen molar-refractivity contribution in [3.8, 4) is 5.69 Å². The number of halogens is 1. The number of carbonyl (C=O) groups excluding carboxylic acids is 1. The molecular formula is C21H22ClN5O2S. The van der Waals surface area contributed by atoms with Gasteiger partial charge in [0.25, 0.3) is 5.56 Å². The molecule has 2 N–H and O–H groups in total. The minimum absolute atomic E-state index is 0.0810. The van der Waals surface area contributed by atoms with Crippen LogP contribution in [0.5, 0.6) is 0 Å². The maximum atomic E-state index is 12.4. The highest BCUT2D eigenvalue weighted by atomic mass is 35.5. The lowest BCUT2D eigenvalue weighted by Crippen LogP contribution is -2.26. The van der Waals surface area contributed by atoms with Crippen molar-refractivity contribution in [2.75, 3.05) is 12.3 Å². The van der Waals surface area contributed by atoms with Crippen LogP contribution in [-0.4, -0.2) is 38.0 Å². The van der Waals surface area contributed by atoms with Gasteiger partial charge in [0, 0.05) is 11.6 Å².